The minimum absolute atomic E-state index is 0.165. The van der Waals surface area contributed by atoms with Crippen molar-refractivity contribution < 1.29 is 4.39 Å². The van der Waals surface area contributed by atoms with Gasteiger partial charge in [-0.2, -0.15) is 0 Å². The highest BCUT2D eigenvalue weighted by atomic mass is 35.5. The molecule has 0 aliphatic carbocycles. The van der Waals surface area contributed by atoms with Crippen LogP contribution in [0.2, 0.25) is 5.02 Å². The van der Waals surface area contributed by atoms with Gasteiger partial charge in [0.25, 0.3) is 0 Å². The van der Waals surface area contributed by atoms with Crippen LogP contribution in [0.1, 0.15) is 32.3 Å². The molecule has 0 unspecified atom stereocenters. The van der Waals surface area contributed by atoms with Crippen LogP contribution in [-0.2, 0) is 6.54 Å². The molecule has 0 spiro atoms. The normalized spacial score (nSPS) is 17.7. The van der Waals surface area contributed by atoms with Crippen molar-refractivity contribution in [3.8, 4) is 0 Å². The zero-order valence-electron chi connectivity index (χ0n) is 11.9. The molecule has 0 saturated carbocycles. The number of benzene rings is 1. The Morgan fingerprint density at radius 3 is 2.70 bits per heavy atom. The summed E-state index contributed by atoms with van der Waals surface area (Å²) in [7, 11) is 0. The molecular formula is C15H20ClFN2S. The number of thioether (sulfide) groups is 1. The molecule has 0 aromatic heterocycles. The van der Waals surface area contributed by atoms with Crippen LogP contribution in [0.15, 0.2) is 23.2 Å². The topological polar surface area (TPSA) is 24.4 Å². The molecule has 1 aliphatic heterocycles. The van der Waals surface area contributed by atoms with E-state index in [4.69, 9.17) is 11.6 Å². The fraction of sp³-hybridized carbons (Fsp3) is 0.533. The van der Waals surface area contributed by atoms with Crippen LogP contribution < -0.4 is 5.32 Å². The van der Waals surface area contributed by atoms with E-state index in [0.29, 0.717) is 12.0 Å². The molecule has 0 saturated heterocycles. The molecule has 0 radical (unpaired) electrons. The molecule has 1 aliphatic rings. The molecule has 5 heteroatoms. The number of halogens is 2. The van der Waals surface area contributed by atoms with Gasteiger partial charge < -0.3 is 5.32 Å². The molecule has 1 N–H and O–H groups in total. The van der Waals surface area contributed by atoms with Crippen LogP contribution in [0, 0.1) is 11.2 Å². The molecule has 0 atom stereocenters. The maximum absolute atomic E-state index is 13.1. The zero-order chi connectivity index (χ0) is 14.6. The molecule has 20 heavy (non-hydrogen) atoms. The number of nitrogens with one attached hydrogen (secondary N) is 1. The van der Waals surface area contributed by atoms with Gasteiger partial charge in [0.05, 0.1) is 5.02 Å². The maximum atomic E-state index is 13.1. The molecule has 0 fully saturated rings. The summed E-state index contributed by atoms with van der Waals surface area (Å²) in [5.41, 5.74) is 1.32. The molecule has 0 amide bonds. The highest BCUT2D eigenvalue weighted by Gasteiger charge is 2.29. The predicted octanol–water partition coefficient (Wildman–Crippen LogP) is 4.48. The Labute approximate surface area is 129 Å². The Balaban J connectivity index is 1.92. The molecular weight excluding hydrogens is 295 g/mol. The van der Waals surface area contributed by atoms with Crippen molar-refractivity contribution in [3.63, 3.8) is 0 Å². The fourth-order valence-electron chi connectivity index (χ4n) is 2.16. The summed E-state index contributed by atoms with van der Waals surface area (Å²) in [6, 6.07) is 4.79. The number of hydrogen-bond acceptors (Lipinski definition) is 3. The van der Waals surface area contributed by atoms with E-state index in [9.17, 15) is 4.39 Å². The highest BCUT2D eigenvalue weighted by molar-refractivity contribution is 8.13. The second-order valence-corrected chi connectivity index (χ2v) is 6.59. The lowest BCUT2D eigenvalue weighted by atomic mass is 9.84. The molecule has 1 aromatic rings. The third kappa shape index (κ3) is 3.67. The minimum atomic E-state index is -0.379. The molecule has 0 bridgehead atoms. The molecule has 2 rings (SSSR count). The van der Waals surface area contributed by atoms with Gasteiger partial charge in [-0.05, 0) is 36.0 Å². The Kier molecular flexibility index (Phi) is 5.33. The first kappa shape index (κ1) is 15.6. The summed E-state index contributed by atoms with van der Waals surface area (Å²) in [5.74, 6) is 0.728. The summed E-state index contributed by atoms with van der Waals surface area (Å²) in [5, 5.41) is 4.44. The second kappa shape index (κ2) is 6.81. The largest absolute Gasteiger partial charge is 0.361 e. The van der Waals surface area contributed by atoms with Crippen molar-refractivity contribution in [1.82, 2.24) is 5.32 Å². The van der Waals surface area contributed by atoms with Crippen LogP contribution in [-0.4, -0.2) is 17.5 Å². The van der Waals surface area contributed by atoms with Crippen LogP contribution in [0.3, 0.4) is 0 Å². The van der Waals surface area contributed by atoms with Gasteiger partial charge in [-0.15, -0.1) is 0 Å². The summed E-state index contributed by atoms with van der Waals surface area (Å²) in [4.78, 5) is 4.64. The number of amidine groups is 1. The van der Waals surface area contributed by atoms with Crippen LogP contribution in [0.4, 0.5) is 4.39 Å². The van der Waals surface area contributed by atoms with E-state index in [2.05, 4.69) is 24.2 Å². The zero-order valence-corrected chi connectivity index (χ0v) is 13.5. The Hall–Kier alpha value is -0.740. The van der Waals surface area contributed by atoms with Crippen molar-refractivity contribution in [2.24, 2.45) is 10.4 Å². The molecule has 110 valence electrons. The van der Waals surface area contributed by atoms with E-state index in [1.54, 1.807) is 23.9 Å². The van der Waals surface area contributed by atoms with Gasteiger partial charge >= 0.3 is 0 Å². The average molecular weight is 315 g/mol. The predicted molar refractivity (Wildman–Crippen MR) is 86.0 cm³/mol. The monoisotopic (exact) mass is 314 g/mol. The first-order valence-electron chi connectivity index (χ1n) is 6.93. The van der Waals surface area contributed by atoms with Gasteiger partial charge in [0, 0.05) is 18.8 Å². The Morgan fingerprint density at radius 1 is 1.40 bits per heavy atom. The molecule has 1 heterocycles. The second-order valence-electron chi connectivity index (χ2n) is 5.22. The summed E-state index contributed by atoms with van der Waals surface area (Å²) in [6.07, 6.45) is 2.34. The first-order chi connectivity index (χ1) is 9.58. The maximum Gasteiger partial charge on any atom is 0.156 e. The van der Waals surface area contributed by atoms with E-state index in [1.807, 2.05) is 0 Å². The van der Waals surface area contributed by atoms with E-state index < -0.39 is 0 Å². The van der Waals surface area contributed by atoms with E-state index in [0.717, 1.165) is 23.0 Å². The average Bonchev–Trinajstić information content (AvgIpc) is 2.49. The molecule has 1 aromatic carbocycles. The standard InChI is InChI=1S/C15H20ClFN2S/c1-3-15(4-2)9-19-14(20-10-15)18-8-11-5-6-13(17)12(16)7-11/h5-7H,3-4,8-10H2,1-2H3,(H,18,19). The smallest absolute Gasteiger partial charge is 0.156 e. The van der Waals surface area contributed by atoms with Crippen molar-refractivity contribution in [3.05, 3.63) is 34.6 Å². The van der Waals surface area contributed by atoms with Crippen molar-refractivity contribution in [2.45, 2.75) is 33.2 Å². The van der Waals surface area contributed by atoms with E-state index in [1.165, 1.54) is 18.9 Å². The van der Waals surface area contributed by atoms with Crippen LogP contribution >= 0.6 is 23.4 Å². The number of rotatable bonds is 4. The lowest BCUT2D eigenvalue weighted by Gasteiger charge is -2.33. The van der Waals surface area contributed by atoms with Crippen LogP contribution in [0.25, 0.3) is 0 Å². The summed E-state index contributed by atoms with van der Waals surface area (Å²) < 4.78 is 13.1. The lowest BCUT2D eigenvalue weighted by Crippen LogP contribution is -2.34. The SMILES string of the molecule is CCC1(CC)CN=C(NCc2ccc(F)c(Cl)c2)SC1. The third-order valence-electron chi connectivity index (χ3n) is 4.00. The number of hydrogen-bond donors (Lipinski definition) is 1. The fourth-order valence-corrected chi connectivity index (χ4v) is 3.64. The number of nitrogens with zero attached hydrogens (tertiary/aromatic N) is 1. The van der Waals surface area contributed by atoms with Gasteiger partial charge in [-0.3, -0.25) is 4.99 Å². The molecule has 2 nitrogen and oxygen atoms in total. The number of aliphatic imine (C=N–C) groups is 1. The lowest BCUT2D eigenvalue weighted by molar-refractivity contribution is 0.318. The van der Waals surface area contributed by atoms with Gasteiger partial charge in [0.2, 0.25) is 0 Å². The van der Waals surface area contributed by atoms with Crippen molar-refractivity contribution in [1.29, 1.82) is 0 Å². The van der Waals surface area contributed by atoms with Gasteiger partial charge in [0.1, 0.15) is 5.82 Å². The van der Waals surface area contributed by atoms with Crippen molar-refractivity contribution in [2.75, 3.05) is 12.3 Å². The van der Waals surface area contributed by atoms with E-state index in [-0.39, 0.29) is 10.8 Å². The van der Waals surface area contributed by atoms with Crippen LogP contribution in [0.5, 0.6) is 0 Å². The summed E-state index contributed by atoms with van der Waals surface area (Å²) in [6.45, 7) is 5.98. The summed E-state index contributed by atoms with van der Waals surface area (Å²) >= 11 is 7.55. The van der Waals surface area contributed by atoms with Gasteiger partial charge in [-0.1, -0.05) is 43.3 Å². The van der Waals surface area contributed by atoms with E-state index >= 15 is 0 Å². The van der Waals surface area contributed by atoms with Gasteiger partial charge in [-0.25, -0.2) is 4.39 Å². The highest BCUT2D eigenvalue weighted by Crippen LogP contribution is 2.34. The first-order valence-corrected chi connectivity index (χ1v) is 8.30. The third-order valence-corrected chi connectivity index (χ3v) is 5.59. The minimum Gasteiger partial charge on any atom is -0.361 e. The quantitative estimate of drug-likeness (QED) is 0.886. The van der Waals surface area contributed by atoms with Gasteiger partial charge in [0.15, 0.2) is 5.17 Å². The van der Waals surface area contributed by atoms with Crippen molar-refractivity contribution >= 4 is 28.5 Å². The Bertz CT molecular complexity index is 501. The Morgan fingerprint density at radius 2 is 2.15 bits per heavy atom.